The first-order chi connectivity index (χ1) is 22.4. The average molecular weight is 646 g/mol. The summed E-state index contributed by atoms with van der Waals surface area (Å²) in [6.07, 6.45) is 32.6. The van der Waals surface area contributed by atoms with E-state index in [0.29, 0.717) is 0 Å². The normalized spacial score (nSPS) is 28.7. The van der Waals surface area contributed by atoms with Gasteiger partial charge in [0.05, 0.1) is 34.4 Å². The van der Waals surface area contributed by atoms with Crippen LogP contribution in [0.15, 0.2) is 167 Å². The van der Waals surface area contributed by atoms with E-state index in [1.54, 1.807) is 17.6 Å². The van der Waals surface area contributed by atoms with Crippen molar-refractivity contribution in [3.8, 4) is 0 Å². The van der Waals surface area contributed by atoms with Gasteiger partial charge in [-0.1, -0.05) is 54.7 Å². The Morgan fingerprint density at radius 3 is 2.02 bits per heavy atom. The Kier molecular flexibility index (Phi) is 7.71. The second kappa shape index (κ2) is 12.3. The highest BCUT2D eigenvalue weighted by Crippen LogP contribution is 2.60. The molecule has 0 aliphatic carbocycles. The Hall–Kier alpha value is -4.24. The molecule has 0 bridgehead atoms. The standard InChI is InChI=1S/C37H31N3O2S3/c1-5-21-41-27(13-1)33-34(28-14-2-6-22-42-28)36(26-12-9-19-38-26)40(32-18-10-20-39-32)37(31-17-11-25-45-31,30-16-4-8-24-44-30)35(33)29-15-3-7-23-43-29/h1-25,27-30,38-39H. The predicted molar refractivity (Wildman–Crippen MR) is 190 cm³/mol. The molecule has 45 heavy (non-hydrogen) atoms. The van der Waals surface area contributed by atoms with Gasteiger partial charge >= 0.3 is 0 Å². The van der Waals surface area contributed by atoms with Crippen LogP contribution in [0.4, 0.5) is 5.82 Å². The first kappa shape index (κ1) is 28.2. The Morgan fingerprint density at radius 1 is 0.689 bits per heavy atom. The molecule has 5 atom stereocenters. The van der Waals surface area contributed by atoms with E-state index in [2.05, 4.69) is 128 Å². The molecule has 5 aliphatic rings. The third-order valence-electron chi connectivity index (χ3n) is 8.46. The van der Waals surface area contributed by atoms with Crippen LogP contribution in [0.1, 0.15) is 10.6 Å². The number of rotatable bonds is 7. The van der Waals surface area contributed by atoms with Crippen molar-refractivity contribution in [2.24, 2.45) is 0 Å². The van der Waals surface area contributed by atoms with E-state index in [1.807, 2.05) is 54.3 Å². The predicted octanol–water partition coefficient (Wildman–Crippen LogP) is 9.14. The van der Waals surface area contributed by atoms with Crippen molar-refractivity contribution in [3.05, 3.63) is 178 Å². The van der Waals surface area contributed by atoms with Gasteiger partial charge in [-0.2, -0.15) is 0 Å². The van der Waals surface area contributed by atoms with Gasteiger partial charge in [-0.05, 0) is 76.4 Å². The largest absolute Gasteiger partial charge is 0.489 e. The highest BCUT2D eigenvalue weighted by atomic mass is 32.2. The van der Waals surface area contributed by atoms with Crippen LogP contribution in [0.3, 0.4) is 0 Å². The third kappa shape index (κ3) is 4.79. The maximum absolute atomic E-state index is 6.57. The van der Waals surface area contributed by atoms with E-state index in [4.69, 9.17) is 9.47 Å². The van der Waals surface area contributed by atoms with Crippen molar-refractivity contribution >= 4 is 46.4 Å². The third-order valence-corrected chi connectivity index (χ3v) is 11.6. The first-order valence-electron chi connectivity index (χ1n) is 14.9. The molecule has 3 aromatic rings. The summed E-state index contributed by atoms with van der Waals surface area (Å²) in [7, 11) is 0. The van der Waals surface area contributed by atoms with Gasteiger partial charge in [0, 0.05) is 28.4 Å². The van der Waals surface area contributed by atoms with Gasteiger partial charge in [-0.3, -0.25) is 0 Å². The molecule has 5 nitrogen and oxygen atoms in total. The number of thiophene rings is 1. The van der Waals surface area contributed by atoms with E-state index in [1.165, 1.54) is 10.5 Å². The van der Waals surface area contributed by atoms with Crippen LogP contribution in [-0.2, 0) is 15.0 Å². The van der Waals surface area contributed by atoms with E-state index in [0.717, 1.165) is 28.4 Å². The number of nitrogens with zero attached hydrogens (tertiary/aromatic N) is 1. The van der Waals surface area contributed by atoms with E-state index in [-0.39, 0.29) is 22.7 Å². The average Bonchev–Trinajstić information content (AvgIpc) is 3.94. The first-order valence-corrected chi connectivity index (χ1v) is 17.7. The Morgan fingerprint density at radius 2 is 1.42 bits per heavy atom. The summed E-state index contributed by atoms with van der Waals surface area (Å²) >= 11 is 5.50. The summed E-state index contributed by atoms with van der Waals surface area (Å²) in [6, 6.07) is 13.0. The number of anilines is 1. The number of allylic oxidation sites excluding steroid dienone is 8. The van der Waals surface area contributed by atoms with Gasteiger partial charge in [0.2, 0.25) is 0 Å². The molecule has 8 heterocycles. The molecule has 5 aliphatic heterocycles. The van der Waals surface area contributed by atoms with Crippen LogP contribution >= 0.6 is 34.9 Å². The number of hydrogen-bond acceptors (Lipinski definition) is 6. The smallest absolute Gasteiger partial charge is 0.144 e. The Labute approximate surface area is 275 Å². The Balaban J connectivity index is 1.57. The number of aromatic nitrogens is 2. The quantitative estimate of drug-likeness (QED) is 0.268. The molecule has 3 aromatic heterocycles. The molecule has 0 fully saturated rings. The molecule has 0 saturated heterocycles. The van der Waals surface area contributed by atoms with Crippen molar-refractivity contribution in [1.82, 2.24) is 9.97 Å². The molecular formula is C37H31N3O2S3. The second-order valence-corrected chi connectivity index (χ2v) is 13.9. The van der Waals surface area contributed by atoms with Crippen molar-refractivity contribution in [2.75, 3.05) is 4.90 Å². The maximum atomic E-state index is 6.57. The van der Waals surface area contributed by atoms with Crippen LogP contribution < -0.4 is 4.90 Å². The van der Waals surface area contributed by atoms with Crippen LogP contribution in [0.5, 0.6) is 0 Å². The topological polar surface area (TPSA) is 53.3 Å². The van der Waals surface area contributed by atoms with E-state index >= 15 is 0 Å². The molecule has 2 N–H and O–H groups in total. The lowest BCUT2D eigenvalue weighted by molar-refractivity contribution is 0.190. The molecule has 0 aromatic carbocycles. The molecule has 0 saturated carbocycles. The van der Waals surface area contributed by atoms with Crippen molar-refractivity contribution in [2.45, 2.75) is 28.2 Å². The lowest BCUT2D eigenvalue weighted by Gasteiger charge is -2.56. The summed E-state index contributed by atoms with van der Waals surface area (Å²) in [5, 5.41) is 6.67. The van der Waals surface area contributed by atoms with E-state index in [9.17, 15) is 0 Å². The fraction of sp³-hybridized carbons (Fsp3) is 0.135. The minimum Gasteiger partial charge on any atom is -0.489 e. The van der Waals surface area contributed by atoms with Crippen LogP contribution in [-0.4, -0.2) is 32.7 Å². The van der Waals surface area contributed by atoms with Crippen LogP contribution in [0.2, 0.25) is 0 Å². The zero-order chi connectivity index (χ0) is 30.1. The van der Waals surface area contributed by atoms with E-state index < -0.39 is 5.54 Å². The summed E-state index contributed by atoms with van der Waals surface area (Å²) in [5.41, 5.74) is 4.89. The number of thioether (sulfide) groups is 2. The summed E-state index contributed by atoms with van der Waals surface area (Å²) in [6.45, 7) is 0. The highest BCUT2D eigenvalue weighted by Gasteiger charge is 2.58. The van der Waals surface area contributed by atoms with Crippen LogP contribution in [0, 0.1) is 0 Å². The van der Waals surface area contributed by atoms with Crippen molar-refractivity contribution in [1.29, 1.82) is 0 Å². The van der Waals surface area contributed by atoms with Gasteiger partial charge < -0.3 is 24.3 Å². The second-order valence-electron chi connectivity index (χ2n) is 10.9. The van der Waals surface area contributed by atoms with Crippen molar-refractivity contribution in [3.63, 3.8) is 0 Å². The number of H-pyrrole nitrogens is 2. The number of hydrogen-bond donors (Lipinski definition) is 2. The molecule has 0 radical (unpaired) electrons. The fourth-order valence-electron chi connectivity index (χ4n) is 6.81. The SMILES string of the molecule is C1=COC(C2=C(c3ccc[nH]3)N(c3ccc[nH]3)C(c3cccs3)(C3C=CC=CS3)C(C3C=CC=CS3)=C2C2C=CC=CO2)C=C1. The van der Waals surface area contributed by atoms with Gasteiger partial charge in [-0.15, -0.1) is 34.9 Å². The molecule has 5 unspecified atom stereocenters. The Bertz CT molecular complexity index is 1830. The summed E-state index contributed by atoms with van der Waals surface area (Å²) < 4.78 is 13.1. The highest BCUT2D eigenvalue weighted by molar-refractivity contribution is 8.03. The molecule has 8 rings (SSSR count). The minimum absolute atomic E-state index is 0.0201. The number of ether oxygens (including phenoxy) is 2. The summed E-state index contributed by atoms with van der Waals surface area (Å²) in [4.78, 5) is 11.0. The zero-order valence-corrected chi connectivity index (χ0v) is 26.7. The molecular weight excluding hydrogens is 615 g/mol. The van der Waals surface area contributed by atoms with Crippen molar-refractivity contribution < 1.29 is 9.47 Å². The zero-order valence-electron chi connectivity index (χ0n) is 24.2. The summed E-state index contributed by atoms with van der Waals surface area (Å²) in [5.74, 6) is 1.00. The lowest BCUT2D eigenvalue weighted by Crippen LogP contribution is -2.58. The van der Waals surface area contributed by atoms with Gasteiger partial charge in [0.15, 0.2) is 0 Å². The van der Waals surface area contributed by atoms with Gasteiger partial charge in [0.25, 0.3) is 0 Å². The monoisotopic (exact) mass is 645 g/mol. The fourth-order valence-corrected chi connectivity index (χ4v) is 9.91. The molecule has 8 heteroatoms. The molecule has 0 amide bonds. The van der Waals surface area contributed by atoms with Gasteiger partial charge in [-0.25, -0.2) is 0 Å². The minimum atomic E-state index is -0.663. The lowest BCUT2D eigenvalue weighted by atomic mass is 9.70. The van der Waals surface area contributed by atoms with Crippen LogP contribution in [0.25, 0.3) is 5.70 Å². The molecule has 224 valence electrons. The maximum Gasteiger partial charge on any atom is 0.144 e. The van der Waals surface area contributed by atoms with Gasteiger partial charge in [0.1, 0.15) is 23.6 Å². The number of nitrogens with one attached hydrogen (secondary N) is 2. The molecule has 0 spiro atoms. The number of aromatic amines is 2.